The van der Waals surface area contributed by atoms with Crippen LogP contribution in [0.15, 0.2) is 41.4 Å². The van der Waals surface area contributed by atoms with Gasteiger partial charge in [-0.05, 0) is 56.4 Å². The van der Waals surface area contributed by atoms with E-state index in [0.29, 0.717) is 24.1 Å². The van der Waals surface area contributed by atoms with E-state index in [4.69, 9.17) is 0 Å². The van der Waals surface area contributed by atoms with Crippen LogP contribution in [0.1, 0.15) is 73.8 Å². The maximum Gasteiger partial charge on any atom is 0.417 e. The number of pyridine rings is 1. The number of sulfonamides is 1. The number of hydrogen-bond donors (Lipinski definition) is 2. The number of rotatable bonds is 7. The standard InChI is InChI=1S/C28H28F6N4O3S/c1-15-22(36-15)24(39)21-20-13-17(27(29,30)31)14-35-25(20)38(18-5-3-2-4-6-18)23(21)16-7-9-19(10-8-16)42(40,41)37-26(11-12-26)28(32,33)34/h7-10,13-15,18,22,36-37H,2-6,11-12H2,1H3. The molecule has 7 nitrogen and oxygen atoms in total. The highest BCUT2D eigenvalue weighted by atomic mass is 32.2. The van der Waals surface area contributed by atoms with Crippen molar-refractivity contribution >= 4 is 26.8 Å². The SMILES string of the molecule is CC1NC1C(=O)c1c(-c2ccc(S(=O)(=O)NC3(C(F)(F)F)CC3)cc2)n(C2CCCCC2)c2ncc(C(F)(F)F)cc12. The maximum absolute atomic E-state index is 13.8. The number of ketones is 1. The van der Waals surface area contributed by atoms with Gasteiger partial charge in [-0.15, -0.1) is 0 Å². The zero-order valence-electron chi connectivity index (χ0n) is 22.4. The zero-order chi connectivity index (χ0) is 30.2. The smallest absolute Gasteiger partial charge is 0.322 e. The van der Waals surface area contributed by atoms with Crippen molar-refractivity contribution in [1.29, 1.82) is 0 Å². The molecule has 14 heteroatoms. The number of Topliss-reactive ketones (excluding diaryl/α,β-unsaturated/α-hetero) is 1. The van der Waals surface area contributed by atoms with Crippen molar-refractivity contribution < 1.29 is 39.6 Å². The molecule has 3 aliphatic rings. The van der Waals surface area contributed by atoms with Crippen LogP contribution in [0.3, 0.4) is 0 Å². The van der Waals surface area contributed by atoms with Crippen LogP contribution < -0.4 is 10.0 Å². The molecule has 1 aliphatic heterocycles. The zero-order valence-corrected chi connectivity index (χ0v) is 23.3. The Labute approximate surface area is 237 Å². The lowest BCUT2D eigenvalue weighted by atomic mass is 9.94. The average Bonchev–Trinajstić information content (AvgIpc) is 3.84. The van der Waals surface area contributed by atoms with Gasteiger partial charge in [0.2, 0.25) is 10.0 Å². The van der Waals surface area contributed by atoms with Crippen molar-refractivity contribution in [2.24, 2.45) is 0 Å². The summed E-state index contributed by atoms with van der Waals surface area (Å²) in [5, 5.41) is 3.05. The van der Waals surface area contributed by atoms with Crippen LogP contribution in [0.2, 0.25) is 0 Å². The maximum atomic E-state index is 13.8. The molecule has 3 fully saturated rings. The number of benzene rings is 1. The molecule has 0 radical (unpaired) electrons. The minimum Gasteiger partial charge on any atom is -0.322 e. The first-order chi connectivity index (χ1) is 19.6. The largest absolute Gasteiger partial charge is 0.417 e. The Morgan fingerprint density at radius 2 is 1.67 bits per heavy atom. The number of carbonyl (C=O) groups excluding carboxylic acids is 1. The molecular formula is C28H28F6N4O3S. The van der Waals surface area contributed by atoms with E-state index in [2.05, 4.69) is 10.3 Å². The first-order valence-corrected chi connectivity index (χ1v) is 15.2. The Balaban J connectivity index is 1.51. The summed E-state index contributed by atoms with van der Waals surface area (Å²) in [5.74, 6) is -0.405. The van der Waals surface area contributed by atoms with E-state index in [1.807, 2.05) is 0 Å². The Morgan fingerprint density at radius 3 is 2.19 bits per heavy atom. The van der Waals surface area contributed by atoms with E-state index in [1.165, 1.54) is 12.1 Å². The molecule has 2 unspecified atom stereocenters. The molecule has 3 aromatic rings. The number of nitrogens with one attached hydrogen (secondary N) is 2. The van der Waals surface area contributed by atoms with Crippen molar-refractivity contribution in [1.82, 2.24) is 19.6 Å². The van der Waals surface area contributed by atoms with Crippen LogP contribution in [0.25, 0.3) is 22.3 Å². The van der Waals surface area contributed by atoms with Crippen LogP contribution >= 0.6 is 0 Å². The first-order valence-electron chi connectivity index (χ1n) is 13.8. The number of nitrogens with zero attached hydrogens (tertiary/aromatic N) is 2. The quantitative estimate of drug-likeness (QED) is 0.189. The fourth-order valence-electron chi connectivity index (χ4n) is 5.93. The second kappa shape index (κ2) is 9.78. The van der Waals surface area contributed by atoms with Crippen molar-refractivity contribution in [3.8, 4) is 11.3 Å². The highest BCUT2D eigenvalue weighted by Gasteiger charge is 2.65. The summed E-state index contributed by atoms with van der Waals surface area (Å²) >= 11 is 0. The number of alkyl halides is 6. The summed E-state index contributed by atoms with van der Waals surface area (Å²) in [5.41, 5.74) is -2.55. The Kier molecular flexibility index (Phi) is 6.78. The van der Waals surface area contributed by atoms with Gasteiger partial charge in [0, 0.05) is 23.7 Å². The molecule has 2 aliphatic carbocycles. The van der Waals surface area contributed by atoms with Crippen LogP contribution in [0, 0.1) is 0 Å². The van der Waals surface area contributed by atoms with Crippen molar-refractivity contribution in [2.75, 3.05) is 0 Å². The monoisotopic (exact) mass is 614 g/mol. The molecule has 3 heterocycles. The van der Waals surface area contributed by atoms with E-state index in [-0.39, 0.29) is 41.5 Å². The molecular weight excluding hydrogens is 586 g/mol. The predicted octanol–water partition coefficient (Wildman–Crippen LogP) is 6.14. The highest BCUT2D eigenvalue weighted by molar-refractivity contribution is 7.89. The summed E-state index contributed by atoms with van der Waals surface area (Å²) < 4.78 is 111. The van der Waals surface area contributed by atoms with E-state index < -0.39 is 50.2 Å². The van der Waals surface area contributed by atoms with Crippen LogP contribution in [0.4, 0.5) is 26.3 Å². The van der Waals surface area contributed by atoms with Crippen LogP contribution in [-0.2, 0) is 16.2 Å². The molecule has 42 heavy (non-hydrogen) atoms. The third kappa shape index (κ3) is 5.00. The fraction of sp³-hybridized carbons (Fsp3) is 0.500. The Morgan fingerprint density at radius 1 is 1.05 bits per heavy atom. The average molecular weight is 615 g/mol. The molecule has 0 bridgehead atoms. The van der Waals surface area contributed by atoms with Crippen molar-refractivity contribution in [2.45, 2.75) is 92.8 Å². The van der Waals surface area contributed by atoms with E-state index >= 15 is 0 Å². The van der Waals surface area contributed by atoms with Gasteiger partial charge in [-0.3, -0.25) is 4.79 Å². The number of halogens is 6. The molecule has 6 rings (SSSR count). The van der Waals surface area contributed by atoms with E-state index in [9.17, 15) is 39.6 Å². The summed E-state index contributed by atoms with van der Waals surface area (Å²) in [4.78, 5) is 17.6. The van der Waals surface area contributed by atoms with Gasteiger partial charge in [0.25, 0.3) is 0 Å². The highest BCUT2D eigenvalue weighted by Crippen LogP contribution is 2.50. The summed E-state index contributed by atoms with van der Waals surface area (Å²) in [6.45, 7) is 1.78. The molecule has 2 saturated carbocycles. The summed E-state index contributed by atoms with van der Waals surface area (Å²) in [6, 6.07) is 5.02. The molecule has 2 aromatic heterocycles. The molecule has 1 aromatic carbocycles. The van der Waals surface area contributed by atoms with Crippen LogP contribution in [0.5, 0.6) is 0 Å². The molecule has 1 saturated heterocycles. The normalized spacial score (nSPS) is 22.8. The fourth-order valence-corrected chi connectivity index (χ4v) is 7.38. The third-order valence-corrected chi connectivity index (χ3v) is 10.1. The van der Waals surface area contributed by atoms with Gasteiger partial charge in [0.15, 0.2) is 5.78 Å². The second-order valence-electron chi connectivity index (χ2n) is 11.5. The van der Waals surface area contributed by atoms with Gasteiger partial charge in [-0.2, -0.15) is 31.1 Å². The number of aromatic nitrogens is 2. The lowest BCUT2D eigenvalue weighted by molar-refractivity contribution is -0.160. The molecule has 2 atom stereocenters. The van der Waals surface area contributed by atoms with Gasteiger partial charge in [0.1, 0.15) is 11.2 Å². The van der Waals surface area contributed by atoms with Gasteiger partial charge < -0.3 is 9.88 Å². The first kappa shape index (κ1) is 29.1. The number of carbonyl (C=O) groups is 1. The Hall–Kier alpha value is -2.97. The number of fused-ring (bicyclic) bond motifs is 1. The predicted molar refractivity (Wildman–Crippen MR) is 141 cm³/mol. The lowest BCUT2D eigenvalue weighted by Gasteiger charge is -2.26. The minimum absolute atomic E-state index is 0.0514. The second-order valence-corrected chi connectivity index (χ2v) is 13.2. The topological polar surface area (TPSA) is 103 Å². The van der Waals surface area contributed by atoms with Gasteiger partial charge in [-0.25, -0.2) is 13.4 Å². The molecule has 0 spiro atoms. The van der Waals surface area contributed by atoms with E-state index in [1.54, 1.807) is 16.2 Å². The molecule has 2 N–H and O–H groups in total. The summed E-state index contributed by atoms with van der Waals surface area (Å²) in [7, 11) is -4.54. The Bertz CT molecular complexity index is 1650. The van der Waals surface area contributed by atoms with Gasteiger partial charge in [-0.1, -0.05) is 31.4 Å². The summed E-state index contributed by atoms with van der Waals surface area (Å²) in [6.07, 6.45) is -5.26. The van der Waals surface area contributed by atoms with Gasteiger partial charge in [0.05, 0.1) is 27.8 Å². The van der Waals surface area contributed by atoms with Gasteiger partial charge >= 0.3 is 12.4 Å². The lowest BCUT2D eigenvalue weighted by Crippen LogP contribution is -2.47. The van der Waals surface area contributed by atoms with E-state index in [0.717, 1.165) is 43.7 Å². The van der Waals surface area contributed by atoms with Crippen molar-refractivity contribution in [3.63, 3.8) is 0 Å². The minimum atomic E-state index is -4.74. The number of hydrogen-bond acceptors (Lipinski definition) is 5. The molecule has 0 amide bonds. The third-order valence-electron chi connectivity index (χ3n) is 8.53. The van der Waals surface area contributed by atoms with Crippen molar-refractivity contribution in [3.05, 3.63) is 47.7 Å². The molecule has 226 valence electrons. The van der Waals surface area contributed by atoms with Crippen LogP contribution in [-0.4, -0.2) is 47.6 Å².